The number of halogens is 3. The van der Waals surface area contributed by atoms with Gasteiger partial charge in [-0.25, -0.2) is 4.79 Å². The number of carboxylic acid groups (broad SMARTS) is 1. The van der Waals surface area contributed by atoms with Crippen molar-refractivity contribution >= 4 is 46.8 Å². The number of carbonyl (C=O) groups is 1. The summed E-state index contributed by atoms with van der Waals surface area (Å²) < 4.78 is 5.61. The normalized spacial score (nSPS) is 10.8. The van der Waals surface area contributed by atoms with E-state index in [1.54, 1.807) is 24.3 Å². The molecule has 0 aliphatic heterocycles. The van der Waals surface area contributed by atoms with Crippen LogP contribution in [0.25, 0.3) is 6.08 Å². The lowest BCUT2D eigenvalue weighted by molar-refractivity contribution is -0.131. The Hall–Kier alpha value is -1.68. The van der Waals surface area contributed by atoms with Crippen LogP contribution in [-0.4, -0.2) is 11.1 Å². The van der Waals surface area contributed by atoms with E-state index in [0.29, 0.717) is 26.6 Å². The van der Waals surface area contributed by atoms with E-state index in [1.807, 2.05) is 0 Å². The van der Waals surface area contributed by atoms with Gasteiger partial charge in [0.05, 0.1) is 10.0 Å². The van der Waals surface area contributed by atoms with Gasteiger partial charge in [0.15, 0.2) is 5.75 Å². The lowest BCUT2D eigenvalue weighted by Crippen LogP contribution is -1.88. The summed E-state index contributed by atoms with van der Waals surface area (Å²) in [4.78, 5) is 10.4. The summed E-state index contributed by atoms with van der Waals surface area (Å²) >= 11 is 17.9. The number of carboxylic acids is 1. The molecule has 2 rings (SSSR count). The minimum absolute atomic E-state index is 0.308. The lowest BCUT2D eigenvalue weighted by atomic mass is 10.2. The zero-order valence-electron chi connectivity index (χ0n) is 10.5. The third kappa shape index (κ3) is 4.39. The van der Waals surface area contributed by atoms with Gasteiger partial charge in [0.25, 0.3) is 0 Å². The third-order valence-corrected chi connectivity index (χ3v) is 3.26. The number of ether oxygens (including phenoxy) is 1. The highest BCUT2D eigenvalue weighted by atomic mass is 35.5. The highest BCUT2D eigenvalue weighted by molar-refractivity contribution is 6.40. The Morgan fingerprint density at radius 1 is 1.05 bits per heavy atom. The first-order valence-corrected chi connectivity index (χ1v) is 6.92. The van der Waals surface area contributed by atoms with Crippen LogP contribution in [0.15, 0.2) is 42.5 Å². The van der Waals surface area contributed by atoms with Crippen molar-refractivity contribution in [2.45, 2.75) is 0 Å². The predicted molar refractivity (Wildman–Crippen MR) is 84.7 cm³/mol. The van der Waals surface area contributed by atoms with Gasteiger partial charge in [-0.15, -0.1) is 0 Å². The molecule has 2 aromatic rings. The van der Waals surface area contributed by atoms with Crippen LogP contribution < -0.4 is 4.74 Å². The van der Waals surface area contributed by atoms with Crippen LogP contribution in [0.1, 0.15) is 5.56 Å². The van der Waals surface area contributed by atoms with Crippen molar-refractivity contribution in [1.29, 1.82) is 0 Å². The van der Waals surface area contributed by atoms with E-state index < -0.39 is 5.97 Å². The van der Waals surface area contributed by atoms with Crippen LogP contribution in [0.4, 0.5) is 0 Å². The predicted octanol–water partition coefficient (Wildman–Crippen LogP) is 5.54. The number of aliphatic carboxylic acids is 1. The molecule has 0 aliphatic carbocycles. The molecule has 0 aliphatic rings. The van der Waals surface area contributed by atoms with Gasteiger partial charge in [-0.3, -0.25) is 0 Å². The van der Waals surface area contributed by atoms with E-state index >= 15 is 0 Å². The first-order valence-electron chi connectivity index (χ1n) is 5.79. The quantitative estimate of drug-likeness (QED) is 0.742. The summed E-state index contributed by atoms with van der Waals surface area (Å²) in [5, 5.41) is 9.59. The summed E-state index contributed by atoms with van der Waals surface area (Å²) in [6, 6.07) is 9.87. The molecule has 0 bridgehead atoms. The van der Waals surface area contributed by atoms with Crippen LogP contribution in [0, 0.1) is 0 Å². The Morgan fingerprint density at radius 2 is 1.62 bits per heavy atom. The second kappa shape index (κ2) is 6.85. The molecule has 21 heavy (non-hydrogen) atoms. The largest absolute Gasteiger partial charge is 0.478 e. The topological polar surface area (TPSA) is 46.5 Å². The number of hydrogen-bond acceptors (Lipinski definition) is 2. The molecule has 0 amide bonds. The second-order valence-corrected chi connectivity index (χ2v) is 5.29. The van der Waals surface area contributed by atoms with Crippen LogP contribution in [0.3, 0.4) is 0 Å². The second-order valence-electron chi connectivity index (χ2n) is 4.04. The molecule has 0 unspecified atom stereocenters. The summed E-state index contributed by atoms with van der Waals surface area (Å²) in [7, 11) is 0. The van der Waals surface area contributed by atoms with E-state index in [9.17, 15) is 4.79 Å². The Bertz CT molecular complexity index is 671. The standard InChI is InChI=1S/C15H9Cl3O3/c16-10-7-12(17)15(13(18)8-10)21-11-4-1-9(2-5-11)3-6-14(19)20/h1-8H,(H,19,20). The number of rotatable bonds is 4. The molecule has 0 saturated heterocycles. The summed E-state index contributed by atoms with van der Waals surface area (Å²) in [6.45, 7) is 0. The molecular weight excluding hydrogens is 335 g/mol. The minimum atomic E-state index is -1.00. The molecule has 0 fully saturated rings. The van der Waals surface area contributed by atoms with E-state index in [0.717, 1.165) is 11.6 Å². The Morgan fingerprint density at radius 3 is 2.14 bits per heavy atom. The van der Waals surface area contributed by atoms with Crippen molar-refractivity contribution in [3.05, 3.63) is 63.1 Å². The van der Waals surface area contributed by atoms with Crippen LogP contribution >= 0.6 is 34.8 Å². The molecule has 3 nitrogen and oxygen atoms in total. The molecule has 0 saturated carbocycles. The van der Waals surface area contributed by atoms with Gasteiger partial charge in [-0.2, -0.15) is 0 Å². The zero-order valence-corrected chi connectivity index (χ0v) is 12.8. The van der Waals surface area contributed by atoms with Gasteiger partial charge in [-0.05, 0) is 35.9 Å². The van der Waals surface area contributed by atoms with Gasteiger partial charge < -0.3 is 9.84 Å². The molecule has 0 aromatic heterocycles. The van der Waals surface area contributed by atoms with Gasteiger partial charge >= 0.3 is 5.97 Å². The maximum Gasteiger partial charge on any atom is 0.328 e. The fourth-order valence-corrected chi connectivity index (χ4v) is 2.45. The highest BCUT2D eigenvalue weighted by Gasteiger charge is 2.10. The van der Waals surface area contributed by atoms with Crippen LogP contribution in [0.2, 0.25) is 15.1 Å². The monoisotopic (exact) mass is 342 g/mol. The van der Waals surface area contributed by atoms with E-state index in [2.05, 4.69) is 0 Å². The Balaban J connectivity index is 2.19. The molecule has 0 spiro atoms. The van der Waals surface area contributed by atoms with Crippen molar-refractivity contribution in [2.75, 3.05) is 0 Å². The Kier molecular flexibility index (Phi) is 5.12. The van der Waals surface area contributed by atoms with Crippen molar-refractivity contribution in [1.82, 2.24) is 0 Å². The zero-order chi connectivity index (χ0) is 15.4. The van der Waals surface area contributed by atoms with Crippen molar-refractivity contribution in [3.8, 4) is 11.5 Å². The average molecular weight is 344 g/mol. The van der Waals surface area contributed by atoms with E-state index in [4.69, 9.17) is 44.6 Å². The minimum Gasteiger partial charge on any atom is -0.478 e. The van der Waals surface area contributed by atoms with Crippen molar-refractivity contribution in [2.24, 2.45) is 0 Å². The molecular formula is C15H9Cl3O3. The summed E-state index contributed by atoms with van der Waals surface area (Å²) in [5.74, 6) is -0.166. The maximum atomic E-state index is 10.4. The lowest BCUT2D eigenvalue weighted by Gasteiger charge is -2.10. The smallest absolute Gasteiger partial charge is 0.328 e. The van der Waals surface area contributed by atoms with Gasteiger partial charge in [0.2, 0.25) is 0 Å². The van der Waals surface area contributed by atoms with Crippen molar-refractivity contribution < 1.29 is 14.6 Å². The van der Waals surface area contributed by atoms with Gasteiger partial charge in [0.1, 0.15) is 5.75 Å². The fraction of sp³-hybridized carbons (Fsp3) is 0. The van der Waals surface area contributed by atoms with E-state index in [1.165, 1.54) is 18.2 Å². The molecule has 6 heteroatoms. The first-order chi connectivity index (χ1) is 9.95. The van der Waals surface area contributed by atoms with Gasteiger partial charge in [0, 0.05) is 11.1 Å². The highest BCUT2D eigenvalue weighted by Crippen LogP contribution is 2.38. The molecule has 0 atom stereocenters. The molecule has 0 radical (unpaired) electrons. The van der Waals surface area contributed by atoms with Gasteiger partial charge in [-0.1, -0.05) is 46.9 Å². The Labute approximate surface area is 136 Å². The SMILES string of the molecule is O=C(O)C=Cc1ccc(Oc2c(Cl)cc(Cl)cc2Cl)cc1. The molecule has 108 valence electrons. The third-order valence-electron chi connectivity index (χ3n) is 2.48. The number of hydrogen-bond donors (Lipinski definition) is 1. The maximum absolute atomic E-state index is 10.4. The molecule has 2 aromatic carbocycles. The van der Waals surface area contributed by atoms with Crippen LogP contribution in [0.5, 0.6) is 11.5 Å². The molecule has 0 heterocycles. The van der Waals surface area contributed by atoms with Crippen LogP contribution in [-0.2, 0) is 4.79 Å². The average Bonchev–Trinajstić information content (AvgIpc) is 2.41. The summed E-state index contributed by atoms with van der Waals surface area (Å²) in [5.41, 5.74) is 0.734. The van der Waals surface area contributed by atoms with Crippen molar-refractivity contribution in [3.63, 3.8) is 0 Å². The molecule has 1 N–H and O–H groups in total. The number of benzene rings is 2. The fourth-order valence-electron chi connectivity index (χ4n) is 1.56. The summed E-state index contributed by atoms with van der Waals surface area (Å²) in [6.07, 6.45) is 2.54. The first kappa shape index (κ1) is 15.7. The van der Waals surface area contributed by atoms with E-state index in [-0.39, 0.29) is 0 Å².